The van der Waals surface area contributed by atoms with Crippen molar-refractivity contribution in [1.82, 2.24) is 9.97 Å². The van der Waals surface area contributed by atoms with Crippen molar-refractivity contribution in [3.8, 4) is 11.4 Å². The summed E-state index contributed by atoms with van der Waals surface area (Å²) in [7, 11) is 0. The van der Waals surface area contributed by atoms with E-state index in [1.807, 2.05) is 34.7 Å². The summed E-state index contributed by atoms with van der Waals surface area (Å²) in [5.41, 5.74) is 0.631. The van der Waals surface area contributed by atoms with E-state index in [-0.39, 0.29) is 5.56 Å². The predicted molar refractivity (Wildman–Crippen MR) is 75.7 cm³/mol. The summed E-state index contributed by atoms with van der Waals surface area (Å²) >= 11 is 11.2. The van der Waals surface area contributed by atoms with Gasteiger partial charge in [0.15, 0.2) is 0 Å². The van der Waals surface area contributed by atoms with Gasteiger partial charge in [-0.1, -0.05) is 17.7 Å². The van der Waals surface area contributed by atoms with Crippen molar-refractivity contribution >= 4 is 50.1 Å². The first-order chi connectivity index (χ1) is 7.58. The van der Waals surface area contributed by atoms with E-state index in [1.165, 1.54) is 6.20 Å². The smallest absolute Gasteiger partial charge is 0.264 e. The molecule has 3 nitrogen and oxygen atoms in total. The van der Waals surface area contributed by atoms with E-state index in [0.29, 0.717) is 14.4 Å². The molecule has 0 fully saturated rings. The highest BCUT2D eigenvalue weighted by molar-refractivity contribution is 14.1. The zero-order chi connectivity index (χ0) is 11.7. The largest absolute Gasteiger partial charge is 0.306 e. The van der Waals surface area contributed by atoms with Crippen LogP contribution in [-0.4, -0.2) is 9.97 Å². The number of hydrogen-bond acceptors (Lipinski definition) is 2. The van der Waals surface area contributed by atoms with Gasteiger partial charge in [-0.15, -0.1) is 0 Å². The third-order valence-electron chi connectivity index (χ3n) is 1.95. The summed E-state index contributed by atoms with van der Waals surface area (Å²) in [6.45, 7) is 0. The fraction of sp³-hybridized carbons (Fsp3) is 0. The lowest BCUT2D eigenvalue weighted by atomic mass is 10.2. The number of nitrogens with one attached hydrogen (secondary N) is 1. The van der Waals surface area contributed by atoms with Crippen LogP contribution in [0.15, 0.2) is 33.7 Å². The maximum absolute atomic E-state index is 11.4. The van der Waals surface area contributed by atoms with Crippen LogP contribution in [0, 0.1) is 3.57 Å². The highest BCUT2D eigenvalue weighted by Crippen LogP contribution is 2.26. The molecule has 0 aliphatic heterocycles. The van der Waals surface area contributed by atoms with Crippen LogP contribution in [0.4, 0.5) is 0 Å². The van der Waals surface area contributed by atoms with E-state index in [4.69, 9.17) is 11.6 Å². The lowest BCUT2D eigenvalue weighted by Crippen LogP contribution is -2.11. The van der Waals surface area contributed by atoms with Gasteiger partial charge in [0.25, 0.3) is 5.56 Å². The van der Waals surface area contributed by atoms with Gasteiger partial charge in [0.1, 0.15) is 5.82 Å². The Hall–Kier alpha value is -0.400. The van der Waals surface area contributed by atoms with Gasteiger partial charge in [0, 0.05) is 16.2 Å². The normalized spacial score (nSPS) is 10.4. The minimum absolute atomic E-state index is 0.148. The standard InChI is InChI=1S/C10H5BrClIN2O/c11-6-2-1-5(3-7(6)12)9-14-4-8(13)10(16)15-9/h1-4H,(H,14,15,16). The molecule has 0 saturated heterocycles. The van der Waals surface area contributed by atoms with Gasteiger partial charge < -0.3 is 4.98 Å². The second-order valence-electron chi connectivity index (χ2n) is 3.04. The molecule has 1 aromatic carbocycles. The van der Waals surface area contributed by atoms with E-state index in [1.54, 1.807) is 6.07 Å². The summed E-state index contributed by atoms with van der Waals surface area (Å²) in [4.78, 5) is 18.3. The summed E-state index contributed by atoms with van der Waals surface area (Å²) in [5.74, 6) is 0.514. The number of aromatic nitrogens is 2. The first kappa shape index (κ1) is 12.1. The molecule has 0 aliphatic rings. The van der Waals surface area contributed by atoms with Crippen LogP contribution in [0.2, 0.25) is 5.02 Å². The maximum Gasteiger partial charge on any atom is 0.264 e. The lowest BCUT2D eigenvalue weighted by Gasteiger charge is -2.02. The average Bonchev–Trinajstić information content (AvgIpc) is 2.26. The Morgan fingerprint density at radius 2 is 2.19 bits per heavy atom. The Balaban J connectivity index is 2.55. The molecule has 0 radical (unpaired) electrons. The predicted octanol–water partition coefficient (Wildman–Crippen LogP) is 3.46. The third kappa shape index (κ3) is 2.46. The molecule has 0 amide bonds. The molecule has 1 aromatic heterocycles. The van der Waals surface area contributed by atoms with Crippen LogP contribution in [-0.2, 0) is 0 Å². The van der Waals surface area contributed by atoms with Crippen LogP contribution in [0.5, 0.6) is 0 Å². The van der Waals surface area contributed by atoms with Gasteiger partial charge in [0.05, 0.1) is 8.59 Å². The first-order valence-corrected chi connectivity index (χ1v) is 6.53. The molecular weight excluding hydrogens is 406 g/mol. The van der Waals surface area contributed by atoms with Crippen molar-refractivity contribution in [2.75, 3.05) is 0 Å². The molecule has 1 heterocycles. The molecule has 0 spiro atoms. The van der Waals surface area contributed by atoms with E-state index in [0.717, 1.165) is 10.0 Å². The van der Waals surface area contributed by atoms with Crippen LogP contribution < -0.4 is 5.56 Å². The lowest BCUT2D eigenvalue weighted by molar-refractivity contribution is 1.11. The first-order valence-electron chi connectivity index (χ1n) is 4.28. The number of H-pyrrole nitrogens is 1. The van der Waals surface area contributed by atoms with Crippen molar-refractivity contribution in [2.45, 2.75) is 0 Å². The zero-order valence-corrected chi connectivity index (χ0v) is 12.3. The molecule has 2 rings (SSSR count). The van der Waals surface area contributed by atoms with Gasteiger partial charge in [-0.3, -0.25) is 4.79 Å². The van der Waals surface area contributed by atoms with Crippen LogP contribution in [0.1, 0.15) is 0 Å². The van der Waals surface area contributed by atoms with Crippen LogP contribution in [0.3, 0.4) is 0 Å². The third-order valence-corrected chi connectivity index (χ3v) is 3.95. The van der Waals surface area contributed by atoms with Gasteiger partial charge >= 0.3 is 0 Å². The number of nitrogens with zero attached hydrogens (tertiary/aromatic N) is 1. The minimum Gasteiger partial charge on any atom is -0.306 e. The Labute approximate surface area is 119 Å². The van der Waals surface area contributed by atoms with Crippen molar-refractivity contribution < 1.29 is 0 Å². The molecule has 16 heavy (non-hydrogen) atoms. The monoisotopic (exact) mass is 410 g/mol. The van der Waals surface area contributed by atoms with E-state index >= 15 is 0 Å². The van der Waals surface area contributed by atoms with Gasteiger partial charge in [0.2, 0.25) is 0 Å². The molecule has 1 N–H and O–H groups in total. The Morgan fingerprint density at radius 1 is 1.44 bits per heavy atom. The van der Waals surface area contributed by atoms with E-state index < -0.39 is 0 Å². The number of halogens is 3. The van der Waals surface area contributed by atoms with Crippen molar-refractivity contribution in [1.29, 1.82) is 0 Å². The molecular formula is C10H5BrClIN2O. The zero-order valence-electron chi connectivity index (χ0n) is 7.80. The second kappa shape index (κ2) is 4.85. The summed E-state index contributed by atoms with van der Waals surface area (Å²) < 4.78 is 1.37. The topological polar surface area (TPSA) is 45.8 Å². The number of hydrogen-bond donors (Lipinski definition) is 1. The summed E-state index contributed by atoms with van der Waals surface area (Å²) in [6.07, 6.45) is 1.53. The molecule has 0 saturated carbocycles. The fourth-order valence-electron chi connectivity index (χ4n) is 1.17. The molecule has 2 aromatic rings. The minimum atomic E-state index is -0.148. The summed E-state index contributed by atoms with van der Waals surface area (Å²) in [5, 5.41) is 0.582. The SMILES string of the molecule is O=c1[nH]c(-c2ccc(Br)c(Cl)c2)ncc1I. The molecule has 0 aliphatic carbocycles. The molecule has 0 unspecified atom stereocenters. The van der Waals surface area contributed by atoms with E-state index in [2.05, 4.69) is 25.9 Å². The maximum atomic E-state index is 11.4. The van der Waals surface area contributed by atoms with Gasteiger partial charge in [-0.25, -0.2) is 4.98 Å². The Morgan fingerprint density at radius 3 is 2.81 bits per heavy atom. The molecule has 0 bridgehead atoms. The average molecular weight is 411 g/mol. The molecule has 82 valence electrons. The highest BCUT2D eigenvalue weighted by Gasteiger charge is 2.05. The van der Waals surface area contributed by atoms with Gasteiger partial charge in [-0.2, -0.15) is 0 Å². The summed E-state index contributed by atoms with van der Waals surface area (Å²) in [6, 6.07) is 5.40. The van der Waals surface area contributed by atoms with E-state index in [9.17, 15) is 4.79 Å². The molecule has 0 atom stereocenters. The highest BCUT2D eigenvalue weighted by atomic mass is 127. The number of benzene rings is 1. The molecule has 6 heteroatoms. The van der Waals surface area contributed by atoms with Crippen molar-refractivity contribution in [2.24, 2.45) is 0 Å². The Kier molecular flexibility index (Phi) is 3.66. The quantitative estimate of drug-likeness (QED) is 0.731. The van der Waals surface area contributed by atoms with Crippen LogP contribution >= 0.6 is 50.1 Å². The number of rotatable bonds is 1. The van der Waals surface area contributed by atoms with Gasteiger partial charge in [-0.05, 0) is 50.7 Å². The van der Waals surface area contributed by atoms with Crippen LogP contribution in [0.25, 0.3) is 11.4 Å². The van der Waals surface area contributed by atoms with Crippen molar-refractivity contribution in [3.05, 3.63) is 47.8 Å². The number of aromatic amines is 1. The van der Waals surface area contributed by atoms with Crippen molar-refractivity contribution in [3.63, 3.8) is 0 Å². The Bertz CT molecular complexity index is 600. The fourth-order valence-corrected chi connectivity index (χ4v) is 1.87. The second-order valence-corrected chi connectivity index (χ2v) is 5.46.